The van der Waals surface area contributed by atoms with Gasteiger partial charge < -0.3 is 4.74 Å². The Morgan fingerprint density at radius 1 is 1.05 bits per heavy atom. The molecule has 0 aliphatic rings. The van der Waals surface area contributed by atoms with Crippen LogP contribution in [-0.2, 0) is 12.8 Å². The minimum atomic E-state index is 0.126. The van der Waals surface area contributed by atoms with Gasteiger partial charge in [-0.2, -0.15) is 0 Å². The van der Waals surface area contributed by atoms with Crippen molar-refractivity contribution in [2.24, 2.45) is 0 Å². The van der Waals surface area contributed by atoms with E-state index in [-0.39, 0.29) is 5.78 Å². The van der Waals surface area contributed by atoms with Gasteiger partial charge in [-0.3, -0.25) is 4.79 Å². The van der Waals surface area contributed by atoms with E-state index in [4.69, 9.17) is 4.74 Å². The summed E-state index contributed by atoms with van der Waals surface area (Å²) in [6.07, 6.45) is 3.83. The van der Waals surface area contributed by atoms with E-state index in [2.05, 4.69) is 19.1 Å². The third-order valence-electron chi connectivity index (χ3n) is 3.64. The lowest BCUT2D eigenvalue weighted by atomic mass is 10.00. The molecule has 0 aliphatic carbocycles. The summed E-state index contributed by atoms with van der Waals surface area (Å²) in [4.78, 5) is 12.4. The highest BCUT2D eigenvalue weighted by molar-refractivity contribution is 5.97. The van der Waals surface area contributed by atoms with E-state index < -0.39 is 0 Å². The zero-order valence-corrected chi connectivity index (χ0v) is 12.8. The van der Waals surface area contributed by atoms with E-state index in [1.54, 1.807) is 7.11 Å². The number of rotatable bonds is 7. The van der Waals surface area contributed by atoms with Crippen LogP contribution in [0.3, 0.4) is 0 Å². The molecule has 0 fully saturated rings. The van der Waals surface area contributed by atoms with Crippen molar-refractivity contribution >= 4 is 5.78 Å². The molecule has 0 amide bonds. The average molecular weight is 282 g/mol. The third kappa shape index (κ3) is 4.19. The van der Waals surface area contributed by atoms with E-state index in [1.807, 2.05) is 36.4 Å². The van der Waals surface area contributed by atoms with Crippen molar-refractivity contribution in [3.8, 4) is 5.75 Å². The van der Waals surface area contributed by atoms with Gasteiger partial charge in [0, 0.05) is 17.5 Å². The maximum absolute atomic E-state index is 12.4. The molecule has 2 rings (SSSR count). The number of para-hydroxylation sites is 1. The van der Waals surface area contributed by atoms with Crippen LogP contribution in [0.4, 0.5) is 0 Å². The normalized spacial score (nSPS) is 10.4. The molecule has 2 heteroatoms. The van der Waals surface area contributed by atoms with Gasteiger partial charge in [-0.1, -0.05) is 55.8 Å². The molecule has 0 spiro atoms. The molecule has 0 heterocycles. The molecule has 0 N–H and O–H groups in total. The number of carbonyl (C=O) groups is 1. The molecular formula is C19H22O2. The van der Waals surface area contributed by atoms with E-state index >= 15 is 0 Å². The van der Waals surface area contributed by atoms with Gasteiger partial charge in [-0.15, -0.1) is 0 Å². The predicted octanol–water partition coefficient (Wildman–Crippen LogP) is 4.46. The van der Waals surface area contributed by atoms with E-state index in [0.717, 1.165) is 23.3 Å². The van der Waals surface area contributed by atoms with Crippen LogP contribution in [-0.4, -0.2) is 12.9 Å². The van der Waals surface area contributed by atoms with Gasteiger partial charge in [-0.05, 0) is 24.5 Å². The quantitative estimate of drug-likeness (QED) is 0.701. The fourth-order valence-corrected chi connectivity index (χ4v) is 2.36. The molecule has 2 aromatic rings. The van der Waals surface area contributed by atoms with Crippen molar-refractivity contribution in [3.05, 3.63) is 65.2 Å². The highest BCUT2D eigenvalue weighted by Gasteiger charge is 2.10. The van der Waals surface area contributed by atoms with Gasteiger partial charge >= 0.3 is 0 Å². The third-order valence-corrected chi connectivity index (χ3v) is 3.64. The second-order valence-corrected chi connectivity index (χ2v) is 5.21. The standard InChI is InChI=1S/C19H22O2/c1-3-4-7-15-10-12-16(13-11-15)18(20)14-17-8-5-6-9-19(17)21-2/h5-6,8-13H,3-4,7,14H2,1-2H3. The second-order valence-electron chi connectivity index (χ2n) is 5.21. The Morgan fingerprint density at radius 3 is 2.43 bits per heavy atom. The Kier molecular flexibility index (Phi) is 5.56. The van der Waals surface area contributed by atoms with Crippen LogP contribution in [0.15, 0.2) is 48.5 Å². The molecule has 0 saturated heterocycles. The summed E-state index contributed by atoms with van der Waals surface area (Å²) in [6.45, 7) is 2.19. The molecule has 2 aromatic carbocycles. The molecule has 0 saturated carbocycles. The highest BCUT2D eigenvalue weighted by atomic mass is 16.5. The number of hydrogen-bond donors (Lipinski definition) is 0. The topological polar surface area (TPSA) is 26.3 Å². The molecule has 0 radical (unpaired) electrons. The van der Waals surface area contributed by atoms with Crippen molar-refractivity contribution in [2.45, 2.75) is 32.6 Å². The molecule has 21 heavy (non-hydrogen) atoms. The van der Waals surface area contributed by atoms with E-state index in [0.29, 0.717) is 6.42 Å². The van der Waals surface area contributed by atoms with Gasteiger partial charge in [0.1, 0.15) is 5.75 Å². The van der Waals surface area contributed by atoms with Crippen LogP contribution in [0, 0.1) is 0 Å². The van der Waals surface area contributed by atoms with Crippen molar-refractivity contribution in [1.29, 1.82) is 0 Å². The van der Waals surface area contributed by atoms with Gasteiger partial charge in [0.05, 0.1) is 7.11 Å². The summed E-state index contributed by atoms with van der Waals surface area (Å²) in [5.41, 5.74) is 2.99. The fourth-order valence-electron chi connectivity index (χ4n) is 2.36. The predicted molar refractivity (Wildman–Crippen MR) is 86.1 cm³/mol. The summed E-state index contributed by atoms with van der Waals surface area (Å²) in [5.74, 6) is 0.895. The lowest BCUT2D eigenvalue weighted by Crippen LogP contribution is -2.05. The summed E-state index contributed by atoms with van der Waals surface area (Å²) in [5, 5.41) is 0. The number of aryl methyl sites for hydroxylation is 1. The number of benzene rings is 2. The number of methoxy groups -OCH3 is 1. The monoisotopic (exact) mass is 282 g/mol. The Labute approximate surface area is 126 Å². The van der Waals surface area contributed by atoms with E-state index in [9.17, 15) is 4.79 Å². The van der Waals surface area contributed by atoms with Gasteiger partial charge in [0.2, 0.25) is 0 Å². The van der Waals surface area contributed by atoms with Gasteiger partial charge in [0.15, 0.2) is 5.78 Å². The Bertz CT molecular complexity index is 585. The van der Waals surface area contributed by atoms with Crippen molar-refractivity contribution in [1.82, 2.24) is 0 Å². The maximum atomic E-state index is 12.4. The molecule has 0 atom stereocenters. The molecule has 0 aromatic heterocycles. The van der Waals surface area contributed by atoms with Crippen molar-refractivity contribution < 1.29 is 9.53 Å². The van der Waals surface area contributed by atoms with Crippen LogP contribution in [0.25, 0.3) is 0 Å². The van der Waals surface area contributed by atoms with Gasteiger partial charge in [0.25, 0.3) is 0 Å². The Hall–Kier alpha value is -2.09. The lowest BCUT2D eigenvalue weighted by molar-refractivity contribution is 0.0992. The van der Waals surface area contributed by atoms with Crippen molar-refractivity contribution in [2.75, 3.05) is 7.11 Å². The number of unbranched alkanes of at least 4 members (excludes halogenated alkanes) is 1. The summed E-state index contributed by atoms with van der Waals surface area (Å²) < 4.78 is 5.29. The average Bonchev–Trinajstić information content (AvgIpc) is 2.54. The first-order valence-electron chi connectivity index (χ1n) is 7.48. The number of Topliss-reactive ketones (excluding diaryl/α,β-unsaturated/α-hetero) is 1. The number of ketones is 1. The van der Waals surface area contributed by atoms with Crippen LogP contribution in [0.2, 0.25) is 0 Å². The van der Waals surface area contributed by atoms with Crippen LogP contribution >= 0.6 is 0 Å². The van der Waals surface area contributed by atoms with Gasteiger partial charge in [-0.25, -0.2) is 0 Å². The van der Waals surface area contributed by atoms with Crippen molar-refractivity contribution in [3.63, 3.8) is 0 Å². The maximum Gasteiger partial charge on any atom is 0.167 e. The molecule has 110 valence electrons. The Balaban J connectivity index is 2.06. The lowest BCUT2D eigenvalue weighted by Gasteiger charge is -2.08. The molecule has 0 bridgehead atoms. The summed E-state index contributed by atoms with van der Waals surface area (Å²) in [6, 6.07) is 15.7. The number of ether oxygens (including phenoxy) is 1. The first-order chi connectivity index (χ1) is 10.2. The second kappa shape index (κ2) is 7.63. The molecular weight excluding hydrogens is 260 g/mol. The zero-order valence-electron chi connectivity index (χ0n) is 12.8. The van der Waals surface area contributed by atoms with E-state index in [1.165, 1.54) is 18.4 Å². The summed E-state index contributed by atoms with van der Waals surface area (Å²) >= 11 is 0. The van der Waals surface area contributed by atoms with Crippen LogP contribution in [0.5, 0.6) is 5.75 Å². The minimum absolute atomic E-state index is 0.126. The zero-order chi connectivity index (χ0) is 15.1. The number of hydrogen-bond acceptors (Lipinski definition) is 2. The highest BCUT2D eigenvalue weighted by Crippen LogP contribution is 2.19. The smallest absolute Gasteiger partial charge is 0.167 e. The van der Waals surface area contributed by atoms with Crippen LogP contribution in [0.1, 0.15) is 41.3 Å². The molecule has 0 unspecified atom stereocenters. The fraction of sp³-hybridized carbons (Fsp3) is 0.316. The Morgan fingerprint density at radius 2 is 1.76 bits per heavy atom. The summed E-state index contributed by atoms with van der Waals surface area (Å²) in [7, 11) is 1.63. The largest absolute Gasteiger partial charge is 0.496 e. The SMILES string of the molecule is CCCCc1ccc(C(=O)Cc2ccccc2OC)cc1. The number of carbonyl (C=O) groups excluding carboxylic acids is 1. The minimum Gasteiger partial charge on any atom is -0.496 e. The van der Waals surface area contributed by atoms with Crippen LogP contribution < -0.4 is 4.74 Å². The first-order valence-corrected chi connectivity index (χ1v) is 7.48. The molecule has 0 aliphatic heterocycles. The molecule has 2 nitrogen and oxygen atoms in total. The first kappa shape index (κ1) is 15.3.